The Morgan fingerprint density at radius 3 is 2.61 bits per heavy atom. The third-order valence-electron chi connectivity index (χ3n) is 3.39. The fourth-order valence-electron chi connectivity index (χ4n) is 2.52. The number of halogens is 1. The van der Waals surface area contributed by atoms with Crippen molar-refractivity contribution in [1.29, 1.82) is 0 Å². The summed E-state index contributed by atoms with van der Waals surface area (Å²) < 4.78 is 2.97. The van der Waals surface area contributed by atoms with Crippen LogP contribution in [0.4, 0.5) is 0 Å². The molecule has 0 saturated carbocycles. The van der Waals surface area contributed by atoms with E-state index in [0.29, 0.717) is 5.69 Å². The molecule has 1 heterocycles. The highest BCUT2D eigenvalue weighted by Gasteiger charge is 2.20. The van der Waals surface area contributed by atoms with Gasteiger partial charge in [0.1, 0.15) is 5.69 Å². The van der Waals surface area contributed by atoms with Gasteiger partial charge in [-0.25, -0.2) is 4.68 Å². The number of benzene rings is 1. The summed E-state index contributed by atoms with van der Waals surface area (Å²) in [7, 11) is 0. The van der Waals surface area contributed by atoms with Gasteiger partial charge in [-0.05, 0) is 49.9 Å². The van der Waals surface area contributed by atoms with Crippen LogP contribution in [0.1, 0.15) is 34.6 Å². The second kappa shape index (κ2) is 4.69. The highest BCUT2D eigenvalue weighted by molar-refractivity contribution is 9.10. The quantitative estimate of drug-likeness (QED) is 0.798. The topological polar surface area (TPSA) is 34.9 Å². The van der Waals surface area contributed by atoms with Gasteiger partial charge < -0.3 is 0 Å². The van der Waals surface area contributed by atoms with Crippen LogP contribution in [0.2, 0.25) is 0 Å². The maximum atomic E-state index is 11.1. The van der Waals surface area contributed by atoms with Gasteiger partial charge in [0.15, 0.2) is 6.29 Å². The van der Waals surface area contributed by atoms with Crippen LogP contribution in [0.5, 0.6) is 0 Å². The summed E-state index contributed by atoms with van der Waals surface area (Å²) in [6.07, 6.45) is 5.18. The lowest BCUT2D eigenvalue weighted by atomic mass is 9.96. The molecule has 1 aromatic heterocycles. The first-order chi connectivity index (χ1) is 8.79. The second-order valence-electron chi connectivity index (χ2n) is 4.52. The monoisotopic (exact) mass is 304 g/mol. The van der Waals surface area contributed by atoms with E-state index in [-0.39, 0.29) is 0 Å². The minimum atomic E-state index is 0.604. The van der Waals surface area contributed by atoms with E-state index in [2.05, 4.69) is 21.0 Å². The van der Waals surface area contributed by atoms with Crippen LogP contribution in [0, 0.1) is 0 Å². The van der Waals surface area contributed by atoms with Gasteiger partial charge in [0.05, 0.1) is 5.69 Å². The van der Waals surface area contributed by atoms with Crippen molar-refractivity contribution in [2.75, 3.05) is 0 Å². The van der Waals surface area contributed by atoms with E-state index < -0.39 is 0 Å². The zero-order valence-corrected chi connectivity index (χ0v) is 11.5. The number of hydrogen-bond acceptors (Lipinski definition) is 2. The largest absolute Gasteiger partial charge is 0.296 e. The van der Waals surface area contributed by atoms with Crippen molar-refractivity contribution in [2.45, 2.75) is 25.7 Å². The van der Waals surface area contributed by atoms with Gasteiger partial charge in [0.2, 0.25) is 0 Å². The van der Waals surface area contributed by atoms with Crippen molar-refractivity contribution in [1.82, 2.24) is 9.78 Å². The molecule has 0 bridgehead atoms. The zero-order chi connectivity index (χ0) is 12.5. The maximum absolute atomic E-state index is 11.1. The lowest BCUT2D eigenvalue weighted by Gasteiger charge is -2.13. The molecule has 3 rings (SSSR count). The molecule has 0 N–H and O–H groups in total. The molecule has 2 aromatic rings. The van der Waals surface area contributed by atoms with Crippen molar-refractivity contribution in [3.05, 3.63) is 45.7 Å². The highest BCUT2D eigenvalue weighted by atomic mass is 79.9. The average molecular weight is 305 g/mol. The Morgan fingerprint density at radius 2 is 1.89 bits per heavy atom. The van der Waals surface area contributed by atoms with E-state index in [1.165, 1.54) is 12.1 Å². The minimum absolute atomic E-state index is 0.604. The molecular formula is C14H13BrN2O. The van der Waals surface area contributed by atoms with E-state index in [0.717, 1.165) is 41.3 Å². The smallest absolute Gasteiger partial charge is 0.170 e. The molecule has 0 aliphatic heterocycles. The normalized spacial score (nSPS) is 14.3. The SMILES string of the molecule is O=Cc1nn(-c2ccc(Br)cc2)c2c1CCCC2. The second-order valence-corrected chi connectivity index (χ2v) is 5.44. The Morgan fingerprint density at radius 1 is 1.17 bits per heavy atom. The molecular weight excluding hydrogens is 292 g/mol. The van der Waals surface area contributed by atoms with Crippen LogP contribution in [0.3, 0.4) is 0 Å². The standard InChI is InChI=1S/C14H13BrN2O/c15-10-5-7-11(8-6-10)17-14-4-2-1-3-12(14)13(9-18)16-17/h5-9H,1-4H2. The van der Waals surface area contributed by atoms with Crippen LogP contribution in [0.15, 0.2) is 28.7 Å². The van der Waals surface area contributed by atoms with Gasteiger partial charge in [0.25, 0.3) is 0 Å². The number of aromatic nitrogens is 2. The van der Waals surface area contributed by atoms with Crippen LogP contribution in [-0.4, -0.2) is 16.1 Å². The summed E-state index contributed by atoms with van der Waals surface area (Å²) in [5, 5.41) is 4.44. The first-order valence-electron chi connectivity index (χ1n) is 6.11. The highest BCUT2D eigenvalue weighted by Crippen LogP contribution is 2.26. The van der Waals surface area contributed by atoms with Gasteiger partial charge in [-0.2, -0.15) is 5.10 Å². The van der Waals surface area contributed by atoms with Crippen molar-refractivity contribution < 1.29 is 4.79 Å². The number of fused-ring (bicyclic) bond motifs is 1. The van der Waals surface area contributed by atoms with Crippen LogP contribution < -0.4 is 0 Å². The van der Waals surface area contributed by atoms with Crippen LogP contribution >= 0.6 is 15.9 Å². The molecule has 0 fully saturated rings. The molecule has 0 amide bonds. The lowest BCUT2D eigenvalue weighted by Crippen LogP contribution is -2.07. The molecule has 3 nitrogen and oxygen atoms in total. The number of hydrogen-bond donors (Lipinski definition) is 0. The molecule has 92 valence electrons. The van der Waals surface area contributed by atoms with E-state index >= 15 is 0 Å². The molecule has 0 spiro atoms. The molecule has 18 heavy (non-hydrogen) atoms. The van der Waals surface area contributed by atoms with Crippen molar-refractivity contribution in [3.8, 4) is 5.69 Å². The molecule has 0 unspecified atom stereocenters. The fourth-order valence-corrected chi connectivity index (χ4v) is 2.78. The van der Waals surface area contributed by atoms with Crippen LogP contribution in [0.25, 0.3) is 5.69 Å². The Bertz CT molecular complexity index is 587. The lowest BCUT2D eigenvalue weighted by molar-refractivity contribution is 0.111. The van der Waals surface area contributed by atoms with Crippen molar-refractivity contribution >= 4 is 22.2 Å². The number of nitrogens with zero attached hydrogens (tertiary/aromatic N) is 2. The summed E-state index contributed by atoms with van der Waals surface area (Å²) in [4.78, 5) is 11.1. The first-order valence-corrected chi connectivity index (χ1v) is 6.91. The summed E-state index contributed by atoms with van der Waals surface area (Å²) in [5.41, 5.74) is 3.96. The van der Waals surface area contributed by atoms with Gasteiger partial charge in [-0.1, -0.05) is 15.9 Å². The number of carbonyl (C=O) groups is 1. The van der Waals surface area contributed by atoms with Gasteiger partial charge in [-0.3, -0.25) is 4.79 Å². The molecule has 0 saturated heterocycles. The Labute approximate surface area is 114 Å². The van der Waals surface area contributed by atoms with E-state index in [1.807, 2.05) is 28.9 Å². The third-order valence-corrected chi connectivity index (χ3v) is 3.92. The number of aldehydes is 1. The Kier molecular flexibility index (Phi) is 3.04. The summed E-state index contributed by atoms with van der Waals surface area (Å²) in [6.45, 7) is 0. The summed E-state index contributed by atoms with van der Waals surface area (Å²) in [5.74, 6) is 0. The number of rotatable bonds is 2. The summed E-state index contributed by atoms with van der Waals surface area (Å²) >= 11 is 3.43. The van der Waals surface area contributed by atoms with Crippen molar-refractivity contribution in [2.24, 2.45) is 0 Å². The molecule has 4 heteroatoms. The minimum Gasteiger partial charge on any atom is -0.296 e. The van der Waals surface area contributed by atoms with E-state index in [9.17, 15) is 4.79 Å². The molecule has 1 aliphatic rings. The van der Waals surface area contributed by atoms with Crippen LogP contribution in [-0.2, 0) is 12.8 Å². The fraction of sp³-hybridized carbons (Fsp3) is 0.286. The van der Waals surface area contributed by atoms with Gasteiger partial charge in [0, 0.05) is 15.7 Å². The number of carbonyl (C=O) groups excluding carboxylic acids is 1. The predicted octanol–water partition coefficient (Wildman–Crippen LogP) is 3.33. The van der Waals surface area contributed by atoms with E-state index in [4.69, 9.17) is 0 Å². The Hall–Kier alpha value is -1.42. The third kappa shape index (κ3) is 1.90. The predicted molar refractivity (Wildman–Crippen MR) is 73.3 cm³/mol. The van der Waals surface area contributed by atoms with E-state index in [1.54, 1.807) is 0 Å². The molecule has 0 atom stereocenters. The molecule has 1 aromatic carbocycles. The van der Waals surface area contributed by atoms with Gasteiger partial charge >= 0.3 is 0 Å². The first kappa shape index (κ1) is 11.7. The summed E-state index contributed by atoms with van der Waals surface area (Å²) in [6, 6.07) is 8.01. The molecule has 0 radical (unpaired) electrons. The maximum Gasteiger partial charge on any atom is 0.170 e. The average Bonchev–Trinajstić information content (AvgIpc) is 2.79. The van der Waals surface area contributed by atoms with Crippen molar-refractivity contribution in [3.63, 3.8) is 0 Å². The molecule has 1 aliphatic carbocycles. The van der Waals surface area contributed by atoms with Gasteiger partial charge in [-0.15, -0.1) is 0 Å². The Balaban J connectivity index is 2.14. The zero-order valence-electron chi connectivity index (χ0n) is 9.90.